The summed E-state index contributed by atoms with van der Waals surface area (Å²) < 4.78 is 10.9. The molecular formula is C19H28ClIN4O2S. The lowest BCUT2D eigenvalue weighted by Crippen LogP contribution is -2.36. The molecule has 0 atom stereocenters. The summed E-state index contributed by atoms with van der Waals surface area (Å²) in [6.45, 7) is 7.90. The van der Waals surface area contributed by atoms with Crippen LogP contribution in [0.5, 0.6) is 11.5 Å². The van der Waals surface area contributed by atoms with Gasteiger partial charge in [0.05, 0.1) is 31.0 Å². The van der Waals surface area contributed by atoms with E-state index in [1.165, 1.54) is 0 Å². The van der Waals surface area contributed by atoms with Crippen molar-refractivity contribution in [3.05, 3.63) is 38.8 Å². The van der Waals surface area contributed by atoms with Crippen LogP contribution in [0.3, 0.4) is 0 Å². The number of halogens is 2. The zero-order valence-electron chi connectivity index (χ0n) is 16.8. The largest absolute Gasteiger partial charge is 0.493 e. The molecule has 6 nitrogen and oxygen atoms in total. The first-order chi connectivity index (χ1) is 13.0. The maximum atomic E-state index is 6.32. The predicted molar refractivity (Wildman–Crippen MR) is 128 cm³/mol. The molecule has 0 spiro atoms. The third-order valence-corrected chi connectivity index (χ3v) is 4.98. The molecule has 0 fully saturated rings. The number of hydrogen-bond donors (Lipinski definition) is 2. The van der Waals surface area contributed by atoms with E-state index in [1.807, 2.05) is 19.1 Å². The predicted octanol–water partition coefficient (Wildman–Crippen LogP) is 4.81. The summed E-state index contributed by atoms with van der Waals surface area (Å²) in [5.41, 5.74) is 2.09. The van der Waals surface area contributed by atoms with Gasteiger partial charge in [-0.3, -0.25) is 4.99 Å². The Morgan fingerprint density at radius 3 is 2.57 bits per heavy atom. The molecule has 2 rings (SSSR count). The summed E-state index contributed by atoms with van der Waals surface area (Å²) in [4.78, 5) is 8.88. The van der Waals surface area contributed by atoms with E-state index in [9.17, 15) is 0 Å². The number of benzene rings is 1. The molecule has 0 bridgehead atoms. The highest BCUT2D eigenvalue weighted by molar-refractivity contribution is 14.0. The van der Waals surface area contributed by atoms with Gasteiger partial charge in [0.15, 0.2) is 17.5 Å². The quantitative estimate of drug-likeness (QED) is 0.287. The molecule has 1 heterocycles. The number of aliphatic imine (C=N–C) groups is 1. The van der Waals surface area contributed by atoms with Crippen LogP contribution >= 0.6 is 46.9 Å². The first-order valence-electron chi connectivity index (χ1n) is 8.86. The second-order valence-corrected chi connectivity index (χ2v) is 7.49. The minimum absolute atomic E-state index is 0. The van der Waals surface area contributed by atoms with Gasteiger partial charge in [0.2, 0.25) is 0 Å². The molecule has 0 aliphatic heterocycles. The van der Waals surface area contributed by atoms with Crippen molar-refractivity contribution in [1.82, 2.24) is 15.6 Å². The SMILES string of the molecule is CCOc1c(Cl)cc(CNC(=NC)NCc2nc(C(C)C)cs2)cc1OC.I. The van der Waals surface area contributed by atoms with Crippen molar-refractivity contribution in [3.8, 4) is 11.5 Å². The summed E-state index contributed by atoms with van der Waals surface area (Å²) in [6, 6.07) is 3.78. The number of ether oxygens (including phenoxy) is 2. The molecule has 2 N–H and O–H groups in total. The van der Waals surface area contributed by atoms with E-state index < -0.39 is 0 Å². The lowest BCUT2D eigenvalue weighted by atomic mass is 10.2. The van der Waals surface area contributed by atoms with Crippen LogP contribution in [0.25, 0.3) is 0 Å². The van der Waals surface area contributed by atoms with Gasteiger partial charge < -0.3 is 20.1 Å². The Morgan fingerprint density at radius 1 is 1.29 bits per heavy atom. The molecule has 0 aliphatic rings. The fraction of sp³-hybridized carbons (Fsp3) is 0.474. The minimum Gasteiger partial charge on any atom is -0.493 e. The van der Waals surface area contributed by atoms with Crippen LogP contribution < -0.4 is 20.1 Å². The summed E-state index contributed by atoms with van der Waals surface area (Å²) in [6.07, 6.45) is 0. The van der Waals surface area contributed by atoms with Crippen LogP contribution in [0, 0.1) is 0 Å². The zero-order chi connectivity index (χ0) is 19.8. The highest BCUT2D eigenvalue weighted by Gasteiger charge is 2.12. The van der Waals surface area contributed by atoms with Crippen LogP contribution in [0.1, 0.15) is 43.0 Å². The molecule has 0 saturated heterocycles. The standard InChI is InChI=1S/C19H27ClN4O2S.HI/c1-6-26-18-14(20)7-13(8-16(18)25-5)9-22-19(21-4)23-10-17-24-15(11-27-17)12(2)3;/h7-8,11-12H,6,9-10H2,1-5H3,(H2,21,22,23);1H. The number of hydrogen-bond acceptors (Lipinski definition) is 5. The molecule has 0 aliphatic carbocycles. The Balaban J connectivity index is 0.00000392. The summed E-state index contributed by atoms with van der Waals surface area (Å²) in [7, 11) is 3.34. The molecule has 156 valence electrons. The number of aromatic nitrogens is 1. The van der Waals surface area contributed by atoms with E-state index >= 15 is 0 Å². The number of thiazole rings is 1. The molecule has 0 saturated carbocycles. The molecule has 1 aromatic heterocycles. The second kappa shape index (κ2) is 12.3. The van der Waals surface area contributed by atoms with Crippen molar-refractivity contribution >= 4 is 52.9 Å². The Bertz CT molecular complexity index is 783. The molecule has 9 heteroatoms. The molecule has 0 amide bonds. The number of methoxy groups -OCH3 is 1. The lowest BCUT2D eigenvalue weighted by Gasteiger charge is -2.15. The topological polar surface area (TPSA) is 67.8 Å². The van der Waals surface area contributed by atoms with Gasteiger partial charge in [0.1, 0.15) is 5.01 Å². The average molecular weight is 539 g/mol. The first kappa shape index (κ1) is 24.8. The van der Waals surface area contributed by atoms with Gasteiger partial charge in [-0.15, -0.1) is 35.3 Å². The van der Waals surface area contributed by atoms with E-state index in [4.69, 9.17) is 21.1 Å². The van der Waals surface area contributed by atoms with Crippen LogP contribution in [-0.4, -0.2) is 31.7 Å². The van der Waals surface area contributed by atoms with Crippen molar-refractivity contribution < 1.29 is 9.47 Å². The Kier molecular flexibility index (Phi) is 10.9. The summed E-state index contributed by atoms with van der Waals surface area (Å²) in [5.74, 6) is 2.32. The molecule has 0 unspecified atom stereocenters. The van der Waals surface area contributed by atoms with Crippen LogP contribution in [-0.2, 0) is 13.1 Å². The maximum Gasteiger partial charge on any atom is 0.191 e. The van der Waals surface area contributed by atoms with Gasteiger partial charge in [-0.25, -0.2) is 4.98 Å². The normalized spacial score (nSPS) is 11.2. The third-order valence-electron chi connectivity index (χ3n) is 3.83. The van der Waals surface area contributed by atoms with Crippen LogP contribution in [0.15, 0.2) is 22.5 Å². The van der Waals surface area contributed by atoms with Crippen molar-refractivity contribution in [3.63, 3.8) is 0 Å². The Hall–Kier alpha value is -1.26. The Labute approximate surface area is 193 Å². The zero-order valence-corrected chi connectivity index (χ0v) is 20.7. The third kappa shape index (κ3) is 6.97. The number of guanidine groups is 1. The second-order valence-electron chi connectivity index (χ2n) is 6.14. The van der Waals surface area contributed by atoms with E-state index in [0.717, 1.165) is 16.3 Å². The number of nitrogens with one attached hydrogen (secondary N) is 2. The van der Waals surface area contributed by atoms with Crippen molar-refractivity contribution in [1.29, 1.82) is 0 Å². The van der Waals surface area contributed by atoms with Gasteiger partial charge in [-0.2, -0.15) is 0 Å². The molecule has 2 aromatic rings. The van der Waals surface area contributed by atoms with E-state index in [1.54, 1.807) is 25.5 Å². The fourth-order valence-electron chi connectivity index (χ4n) is 2.40. The first-order valence-corrected chi connectivity index (χ1v) is 10.1. The van der Waals surface area contributed by atoms with Gasteiger partial charge in [0.25, 0.3) is 0 Å². The van der Waals surface area contributed by atoms with Crippen LogP contribution in [0.4, 0.5) is 0 Å². The van der Waals surface area contributed by atoms with E-state index in [0.29, 0.717) is 48.1 Å². The van der Waals surface area contributed by atoms with Gasteiger partial charge in [0, 0.05) is 19.0 Å². The number of nitrogens with zero attached hydrogens (tertiary/aromatic N) is 2. The highest BCUT2D eigenvalue weighted by Crippen LogP contribution is 2.36. The van der Waals surface area contributed by atoms with E-state index in [-0.39, 0.29) is 24.0 Å². The molecule has 28 heavy (non-hydrogen) atoms. The average Bonchev–Trinajstić information content (AvgIpc) is 3.13. The molecular weight excluding hydrogens is 511 g/mol. The fourth-order valence-corrected chi connectivity index (χ4v) is 3.58. The summed E-state index contributed by atoms with van der Waals surface area (Å²) >= 11 is 7.98. The monoisotopic (exact) mass is 538 g/mol. The van der Waals surface area contributed by atoms with E-state index in [2.05, 4.69) is 39.8 Å². The lowest BCUT2D eigenvalue weighted by molar-refractivity contribution is 0.311. The smallest absolute Gasteiger partial charge is 0.191 e. The van der Waals surface area contributed by atoms with Gasteiger partial charge >= 0.3 is 0 Å². The maximum absolute atomic E-state index is 6.32. The van der Waals surface area contributed by atoms with Gasteiger partial charge in [-0.1, -0.05) is 25.4 Å². The van der Waals surface area contributed by atoms with Crippen LogP contribution in [0.2, 0.25) is 5.02 Å². The number of rotatable bonds is 8. The highest BCUT2D eigenvalue weighted by atomic mass is 127. The minimum atomic E-state index is 0. The summed E-state index contributed by atoms with van der Waals surface area (Å²) in [5, 5.41) is 10.2. The molecule has 1 aromatic carbocycles. The van der Waals surface area contributed by atoms with Gasteiger partial charge in [-0.05, 0) is 30.5 Å². The Morgan fingerprint density at radius 2 is 2.00 bits per heavy atom. The van der Waals surface area contributed by atoms with Crippen molar-refractivity contribution in [2.24, 2.45) is 4.99 Å². The van der Waals surface area contributed by atoms with Crippen molar-refractivity contribution in [2.45, 2.75) is 39.8 Å². The van der Waals surface area contributed by atoms with Crippen molar-refractivity contribution in [2.75, 3.05) is 20.8 Å². The molecule has 0 radical (unpaired) electrons.